The van der Waals surface area contributed by atoms with Gasteiger partial charge in [-0.2, -0.15) is 0 Å². The van der Waals surface area contributed by atoms with Crippen molar-refractivity contribution in [2.45, 2.75) is 27.4 Å². The minimum absolute atomic E-state index is 0.238. The molecule has 1 N–H and O–H groups in total. The molecule has 0 spiro atoms. The molecule has 0 atom stereocenters. The van der Waals surface area contributed by atoms with Crippen LogP contribution in [-0.4, -0.2) is 18.2 Å². The maximum absolute atomic E-state index is 12.2. The molecular formula is C23H23ClN2O4. The van der Waals surface area contributed by atoms with E-state index in [-0.39, 0.29) is 5.91 Å². The highest BCUT2D eigenvalue weighted by Crippen LogP contribution is 2.30. The molecule has 0 radical (unpaired) electrons. The first-order chi connectivity index (χ1) is 14.4. The first-order valence-electron chi connectivity index (χ1n) is 9.35. The third-order valence-electron chi connectivity index (χ3n) is 4.61. The van der Waals surface area contributed by atoms with Crippen molar-refractivity contribution in [3.8, 4) is 11.5 Å². The number of aryl methyl sites for hydroxylation is 3. The first kappa shape index (κ1) is 21.5. The molecule has 30 heavy (non-hydrogen) atoms. The number of ether oxygens (including phenoxy) is 2. The van der Waals surface area contributed by atoms with Gasteiger partial charge in [-0.05, 0) is 68.3 Å². The summed E-state index contributed by atoms with van der Waals surface area (Å²) in [5.74, 6) is 1.65. The lowest BCUT2D eigenvalue weighted by Crippen LogP contribution is -2.08. The minimum Gasteiger partial charge on any atom is -0.493 e. The van der Waals surface area contributed by atoms with Gasteiger partial charge in [0.05, 0.1) is 18.4 Å². The van der Waals surface area contributed by atoms with E-state index in [2.05, 4.69) is 10.5 Å². The number of rotatable bonds is 7. The molecule has 0 aliphatic rings. The van der Waals surface area contributed by atoms with E-state index in [9.17, 15) is 4.79 Å². The topological polar surface area (TPSA) is 73.6 Å². The number of nitrogens with zero attached hydrogens (tertiary/aromatic N) is 1. The smallest absolute Gasteiger partial charge is 0.248 e. The van der Waals surface area contributed by atoms with Crippen molar-refractivity contribution in [1.82, 2.24) is 5.16 Å². The fraction of sp³-hybridized carbons (Fsp3) is 0.217. The molecule has 0 saturated heterocycles. The highest BCUT2D eigenvalue weighted by atomic mass is 35.5. The van der Waals surface area contributed by atoms with Crippen LogP contribution in [0.4, 0.5) is 5.69 Å². The summed E-state index contributed by atoms with van der Waals surface area (Å²) in [6, 6.07) is 10.8. The number of hydrogen-bond acceptors (Lipinski definition) is 5. The van der Waals surface area contributed by atoms with Crippen LogP contribution >= 0.6 is 11.6 Å². The van der Waals surface area contributed by atoms with Crippen LogP contribution < -0.4 is 14.8 Å². The van der Waals surface area contributed by atoms with E-state index in [4.69, 9.17) is 25.6 Å². The standard InChI is InChI=1S/C23H23ClN2O4/c1-14-11-18(24)7-8-20(14)25-23(27)10-6-17-5-9-21(22(12-17)28-4)29-13-19-15(2)26-30-16(19)3/h5-12H,13H2,1-4H3,(H,25,27). The SMILES string of the molecule is COc1cc(C=CC(=O)Nc2ccc(Cl)cc2C)ccc1OCc1c(C)noc1C. The van der Waals surface area contributed by atoms with Crippen LogP contribution in [0.3, 0.4) is 0 Å². The molecule has 156 valence electrons. The number of nitrogens with one attached hydrogen (secondary N) is 1. The Morgan fingerprint density at radius 2 is 1.97 bits per heavy atom. The summed E-state index contributed by atoms with van der Waals surface area (Å²) >= 11 is 5.95. The quantitative estimate of drug-likeness (QED) is 0.505. The predicted molar refractivity (Wildman–Crippen MR) is 117 cm³/mol. The van der Waals surface area contributed by atoms with E-state index in [1.165, 1.54) is 6.08 Å². The van der Waals surface area contributed by atoms with Gasteiger partial charge < -0.3 is 19.3 Å². The molecular weight excluding hydrogens is 404 g/mol. The Kier molecular flexibility index (Phi) is 6.79. The number of anilines is 1. The second kappa shape index (κ2) is 9.50. The molecule has 0 bridgehead atoms. The second-order valence-electron chi connectivity index (χ2n) is 6.78. The van der Waals surface area contributed by atoms with Gasteiger partial charge in [-0.15, -0.1) is 0 Å². The molecule has 0 saturated carbocycles. The zero-order valence-electron chi connectivity index (χ0n) is 17.3. The van der Waals surface area contributed by atoms with Gasteiger partial charge in [0, 0.05) is 16.8 Å². The predicted octanol–water partition coefficient (Wildman–Crippen LogP) is 5.49. The number of hydrogen-bond donors (Lipinski definition) is 1. The molecule has 0 fully saturated rings. The van der Waals surface area contributed by atoms with Crippen LogP contribution in [0.2, 0.25) is 5.02 Å². The van der Waals surface area contributed by atoms with E-state index in [0.29, 0.717) is 23.1 Å². The van der Waals surface area contributed by atoms with Gasteiger partial charge in [0.25, 0.3) is 0 Å². The highest BCUT2D eigenvalue weighted by molar-refractivity contribution is 6.30. The molecule has 7 heteroatoms. The van der Waals surface area contributed by atoms with Gasteiger partial charge in [0.2, 0.25) is 5.91 Å². The van der Waals surface area contributed by atoms with Crippen molar-refractivity contribution in [2.24, 2.45) is 0 Å². The molecule has 1 heterocycles. The Hall–Kier alpha value is -3.25. The fourth-order valence-electron chi connectivity index (χ4n) is 2.88. The van der Waals surface area contributed by atoms with Gasteiger partial charge >= 0.3 is 0 Å². The lowest BCUT2D eigenvalue weighted by atomic mass is 10.1. The van der Waals surface area contributed by atoms with Gasteiger partial charge in [0.15, 0.2) is 11.5 Å². The Morgan fingerprint density at radius 1 is 1.17 bits per heavy atom. The second-order valence-corrected chi connectivity index (χ2v) is 7.22. The molecule has 1 amide bonds. The van der Waals surface area contributed by atoms with Gasteiger partial charge in [-0.25, -0.2) is 0 Å². The van der Waals surface area contributed by atoms with E-state index in [1.807, 2.05) is 26.8 Å². The average molecular weight is 427 g/mol. The van der Waals surface area contributed by atoms with Crippen LogP contribution in [0.5, 0.6) is 11.5 Å². The molecule has 1 aromatic heterocycles. The minimum atomic E-state index is -0.238. The van der Waals surface area contributed by atoms with Crippen molar-refractivity contribution >= 4 is 29.3 Å². The maximum atomic E-state index is 12.2. The van der Waals surface area contributed by atoms with E-state index in [0.717, 1.165) is 33.8 Å². The first-order valence-corrected chi connectivity index (χ1v) is 9.73. The lowest BCUT2D eigenvalue weighted by molar-refractivity contribution is -0.111. The molecule has 3 rings (SSSR count). The van der Waals surface area contributed by atoms with Gasteiger partial charge in [-0.3, -0.25) is 4.79 Å². The fourth-order valence-corrected chi connectivity index (χ4v) is 3.11. The van der Waals surface area contributed by atoms with Gasteiger partial charge in [0.1, 0.15) is 12.4 Å². The number of carbonyl (C=O) groups is 1. The van der Waals surface area contributed by atoms with Crippen LogP contribution in [-0.2, 0) is 11.4 Å². The third kappa shape index (κ3) is 5.21. The van der Waals surface area contributed by atoms with E-state index in [1.54, 1.807) is 43.5 Å². The maximum Gasteiger partial charge on any atom is 0.248 e. The van der Waals surface area contributed by atoms with Crippen LogP contribution in [0.1, 0.15) is 28.1 Å². The zero-order valence-corrected chi connectivity index (χ0v) is 18.0. The molecule has 3 aromatic rings. The number of methoxy groups -OCH3 is 1. The van der Waals surface area contributed by atoms with Crippen molar-refractivity contribution < 1.29 is 18.8 Å². The number of aromatic nitrogens is 1. The van der Waals surface area contributed by atoms with Crippen LogP contribution in [0, 0.1) is 20.8 Å². The summed E-state index contributed by atoms with van der Waals surface area (Å²) in [5, 5.41) is 7.39. The molecule has 0 unspecified atom stereocenters. The zero-order chi connectivity index (χ0) is 21.7. The van der Waals surface area contributed by atoms with Crippen molar-refractivity contribution in [1.29, 1.82) is 0 Å². The number of halogens is 1. The summed E-state index contributed by atoms with van der Waals surface area (Å²) in [5.41, 5.74) is 4.13. The number of amides is 1. The third-order valence-corrected chi connectivity index (χ3v) is 4.85. The largest absolute Gasteiger partial charge is 0.493 e. The normalized spacial score (nSPS) is 11.0. The van der Waals surface area contributed by atoms with Crippen molar-refractivity contribution in [3.63, 3.8) is 0 Å². The van der Waals surface area contributed by atoms with Crippen molar-refractivity contribution in [2.75, 3.05) is 12.4 Å². The number of benzene rings is 2. The van der Waals surface area contributed by atoms with Crippen LogP contribution in [0.25, 0.3) is 6.08 Å². The summed E-state index contributed by atoms with van der Waals surface area (Å²) in [7, 11) is 1.57. The van der Waals surface area contributed by atoms with Crippen molar-refractivity contribution in [3.05, 3.63) is 75.6 Å². The summed E-state index contributed by atoms with van der Waals surface area (Å²) < 4.78 is 16.5. The highest BCUT2D eigenvalue weighted by Gasteiger charge is 2.12. The number of carbonyl (C=O) groups excluding carboxylic acids is 1. The lowest BCUT2D eigenvalue weighted by Gasteiger charge is -2.11. The Balaban J connectivity index is 1.67. The summed E-state index contributed by atoms with van der Waals surface area (Å²) in [4.78, 5) is 12.2. The Labute approximate surface area is 180 Å². The molecule has 2 aromatic carbocycles. The van der Waals surface area contributed by atoms with E-state index < -0.39 is 0 Å². The average Bonchev–Trinajstić information content (AvgIpc) is 3.04. The van der Waals surface area contributed by atoms with E-state index >= 15 is 0 Å². The molecule has 6 nitrogen and oxygen atoms in total. The summed E-state index contributed by atoms with van der Waals surface area (Å²) in [6.07, 6.45) is 3.17. The summed E-state index contributed by atoms with van der Waals surface area (Å²) in [6.45, 7) is 5.93. The Bertz CT molecular complexity index is 1070. The molecule has 0 aliphatic heterocycles. The van der Waals surface area contributed by atoms with Gasteiger partial charge in [-0.1, -0.05) is 22.8 Å². The monoisotopic (exact) mass is 426 g/mol. The van der Waals surface area contributed by atoms with Crippen LogP contribution in [0.15, 0.2) is 47.0 Å². The molecule has 0 aliphatic carbocycles. The Morgan fingerprint density at radius 3 is 2.63 bits per heavy atom.